The molecule has 21 heavy (non-hydrogen) atoms. The number of nitrogens with zero attached hydrogens (tertiary/aromatic N) is 1. The molecule has 4 heteroatoms. The van der Waals surface area contributed by atoms with Gasteiger partial charge in [0.15, 0.2) is 0 Å². The highest BCUT2D eigenvalue weighted by Gasteiger charge is 2.08. The number of nitrogens with one attached hydrogen (secondary N) is 1. The first-order chi connectivity index (χ1) is 10.1. The lowest BCUT2D eigenvalue weighted by Crippen LogP contribution is -2.12. The highest BCUT2D eigenvalue weighted by Crippen LogP contribution is 2.32. The molecule has 0 fully saturated rings. The molecule has 0 spiro atoms. The first-order valence-electron chi connectivity index (χ1n) is 7.03. The SMILES string of the molecule is CCOc1ccc(CNc2cccc(Cl)c2N(C)C)cc1. The standard InChI is InChI=1S/C17H21ClN2O/c1-4-21-14-10-8-13(9-11-14)12-19-16-7-5-6-15(18)17(16)20(2)3/h5-11,19H,4,12H2,1-3H3. The van der Waals surface area contributed by atoms with E-state index in [9.17, 15) is 0 Å². The summed E-state index contributed by atoms with van der Waals surface area (Å²) in [7, 11) is 3.98. The summed E-state index contributed by atoms with van der Waals surface area (Å²) in [5.41, 5.74) is 3.23. The van der Waals surface area contributed by atoms with Gasteiger partial charge in [-0.2, -0.15) is 0 Å². The van der Waals surface area contributed by atoms with Crippen LogP contribution in [0.4, 0.5) is 11.4 Å². The minimum absolute atomic E-state index is 0.687. The van der Waals surface area contributed by atoms with Gasteiger partial charge in [0.05, 0.1) is 23.0 Å². The number of anilines is 2. The van der Waals surface area contributed by atoms with Crippen LogP contribution in [-0.2, 0) is 6.54 Å². The lowest BCUT2D eigenvalue weighted by molar-refractivity contribution is 0.340. The smallest absolute Gasteiger partial charge is 0.119 e. The third kappa shape index (κ3) is 4.05. The average Bonchev–Trinajstić information content (AvgIpc) is 2.46. The van der Waals surface area contributed by atoms with Gasteiger partial charge in [0.1, 0.15) is 5.75 Å². The Bertz CT molecular complexity index is 582. The lowest BCUT2D eigenvalue weighted by atomic mass is 10.2. The van der Waals surface area contributed by atoms with E-state index in [0.717, 1.165) is 28.7 Å². The first kappa shape index (κ1) is 15.5. The Hall–Kier alpha value is -1.87. The second kappa shape index (κ2) is 7.23. The summed E-state index contributed by atoms with van der Waals surface area (Å²) in [6, 6.07) is 14.0. The zero-order chi connectivity index (χ0) is 15.2. The van der Waals surface area contributed by atoms with Crippen molar-refractivity contribution in [1.29, 1.82) is 0 Å². The van der Waals surface area contributed by atoms with Crippen molar-refractivity contribution in [1.82, 2.24) is 0 Å². The maximum Gasteiger partial charge on any atom is 0.119 e. The highest BCUT2D eigenvalue weighted by molar-refractivity contribution is 6.34. The van der Waals surface area contributed by atoms with E-state index in [2.05, 4.69) is 17.4 Å². The summed E-state index contributed by atoms with van der Waals surface area (Å²) in [6.45, 7) is 3.41. The van der Waals surface area contributed by atoms with Crippen molar-refractivity contribution in [3.8, 4) is 5.75 Å². The molecular weight excluding hydrogens is 284 g/mol. The normalized spacial score (nSPS) is 10.3. The molecule has 0 aliphatic heterocycles. The van der Waals surface area contributed by atoms with Crippen LogP contribution in [0.2, 0.25) is 5.02 Å². The second-order valence-corrected chi connectivity index (χ2v) is 5.37. The van der Waals surface area contributed by atoms with E-state index in [4.69, 9.17) is 16.3 Å². The molecule has 0 aromatic heterocycles. The highest BCUT2D eigenvalue weighted by atomic mass is 35.5. The topological polar surface area (TPSA) is 24.5 Å². The van der Waals surface area contributed by atoms with Crippen molar-refractivity contribution >= 4 is 23.0 Å². The van der Waals surface area contributed by atoms with Crippen molar-refractivity contribution < 1.29 is 4.74 Å². The molecule has 2 aromatic carbocycles. The molecule has 0 radical (unpaired) electrons. The maximum atomic E-state index is 6.26. The predicted octanol–water partition coefficient (Wildman–Crippen LogP) is 4.42. The molecule has 0 aliphatic rings. The minimum Gasteiger partial charge on any atom is -0.494 e. The Morgan fingerprint density at radius 1 is 1.10 bits per heavy atom. The Balaban J connectivity index is 2.08. The summed E-state index contributed by atoms with van der Waals surface area (Å²) in [4.78, 5) is 2.02. The number of ether oxygens (including phenoxy) is 1. The predicted molar refractivity (Wildman–Crippen MR) is 90.7 cm³/mol. The zero-order valence-corrected chi connectivity index (χ0v) is 13.4. The first-order valence-corrected chi connectivity index (χ1v) is 7.41. The lowest BCUT2D eigenvalue weighted by Gasteiger charge is -2.20. The molecule has 0 bridgehead atoms. The van der Waals surface area contributed by atoms with E-state index in [1.807, 2.05) is 56.3 Å². The molecule has 0 unspecified atom stereocenters. The van der Waals surface area contributed by atoms with Crippen molar-refractivity contribution in [3.63, 3.8) is 0 Å². The molecule has 2 aromatic rings. The monoisotopic (exact) mass is 304 g/mol. The Morgan fingerprint density at radius 2 is 1.81 bits per heavy atom. The second-order valence-electron chi connectivity index (χ2n) is 4.96. The van der Waals surface area contributed by atoms with E-state index < -0.39 is 0 Å². The van der Waals surface area contributed by atoms with Gasteiger partial charge in [0.2, 0.25) is 0 Å². The van der Waals surface area contributed by atoms with Crippen LogP contribution in [0.15, 0.2) is 42.5 Å². The van der Waals surface area contributed by atoms with E-state index in [1.54, 1.807) is 0 Å². The van der Waals surface area contributed by atoms with Crippen LogP contribution < -0.4 is 15.0 Å². The van der Waals surface area contributed by atoms with Crippen LogP contribution in [0.5, 0.6) is 5.75 Å². The van der Waals surface area contributed by atoms with Crippen molar-refractivity contribution in [2.45, 2.75) is 13.5 Å². The summed E-state index contributed by atoms with van der Waals surface area (Å²) in [5.74, 6) is 0.901. The van der Waals surface area contributed by atoms with Crippen molar-refractivity contribution in [2.75, 3.05) is 30.9 Å². The third-order valence-electron chi connectivity index (χ3n) is 3.15. The number of hydrogen-bond acceptors (Lipinski definition) is 3. The number of rotatable bonds is 6. The van der Waals surface area contributed by atoms with Crippen LogP contribution >= 0.6 is 11.6 Å². The van der Waals surface area contributed by atoms with Gasteiger partial charge in [-0.05, 0) is 36.8 Å². The fourth-order valence-electron chi connectivity index (χ4n) is 2.18. The molecular formula is C17H21ClN2O. The van der Waals surface area contributed by atoms with Gasteiger partial charge >= 0.3 is 0 Å². The molecule has 2 rings (SSSR count). The molecule has 0 aliphatic carbocycles. The van der Waals surface area contributed by atoms with Gasteiger partial charge in [-0.3, -0.25) is 0 Å². The Kier molecular flexibility index (Phi) is 5.34. The number of halogens is 1. The Morgan fingerprint density at radius 3 is 2.43 bits per heavy atom. The largest absolute Gasteiger partial charge is 0.494 e. The van der Waals surface area contributed by atoms with Crippen LogP contribution in [0, 0.1) is 0 Å². The fourth-order valence-corrected chi connectivity index (χ4v) is 2.52. The number of para-hydroxylation sites is 1. The van der Waals surface area contributed by atoms with E-state index in [1.165, 1.54) is 5.56 Å². The quantitative estimate of drug-likeness (QED) is 0.855. The molecule has 0 amide bonds. The fraction of sp³-hybridized carbons (Fsp3) is 0.294. The summed E-state index contributed by atoms with van der Waals surface area (Å²) in [5, 5.41) is 4.18. The van der Waals surface area contributed by atoms with Gasteiger partial charge in [-0.25, -0.2) is 0 Å². The Labute approximate surface area is 131 Å². The average molecular weight is 305 g/mol. The molecule has 0 heterocycles. The summed E-state index contributed by atoms with van der Waals surface area (Å²) >= 11 is 6.26. The molecule has 0 saturated heterocycles. The van der Waals surface area contributed by atoms with Crippen LogP contribution in [-0.4, -0.2) is 20.7 Å². The van der Waals surface area contributed by atoms with Crippen LogP contribution in [0.25, 0.3) is 0 Å². The summed E-state index contributed by atoms with van der Waals surface area (Å²) in [6.07, 6.45) is 0. The van der Waals surface area contributed by atoms with E-state index in [-0.39, 0.29) is 0 Å². The van der Waals surface area contributed by atoms with Crippen LogP contribution in [0.1, 0.15) is 12.5 Å². The van der Waals surface area contributed by atoms with Crippen molar-refractivity contribution in [3.05, 3.63) is 53.1 Å². The van der Waals surface area contributed by atoms with E-state index >= 15 is 0 Å². The van der Waals surface area contributed by atoms with E-state index in [0.29, 0.717) is 6.61 Å². The molecule has 0 atom stereocenters. The molecule has 1 N–H and O–H groups in total. The van der Waals surface area contributed by atoms with Gasteiger partial charge in [0, 0.05) is 20.6 Å². The molecule has 3 nitrogen and oxygen atoms in total. The van der Waals surface area contributed by atoms with Gasteiger partial charge < -0.3 is 15.0 Å². The molecule has 112 valence electrons. The minimum atomic E-state index is 0.687. The zero-order valence-electron chi connectivity index (χ0n) is 12.7. The van der Waals surface area contributed by atoms with Crippen LogP contribution in [0.3, 0.4) is 0 Å². The number of hydrogen-bond donors (Lipinski definition) is 1. The third-order valence-corrected chi connectivity index (χ3v) is 3.46. The molecule has 0 saturated carbocycles. The van der Waals surface area contributed by atoms with Gasteiger partial charge in [-0.1, -0.05) is 29.8 Å². The van der Waals surface area contributed by atoms with Gasteiger partial charge in [-0.15, -0.1) is 0 Å². The van der Waals surface area contributed by atoms with Gasteiger partial charge in [0.25, 0.3) is 0 Å². The number of benzene rings is 2. The summed E-state index contributed by atoms with van der Waals surface area (Å²) < 4.78 is 5.45. The maximum absolute atomic E-state index is 6.26. The van der Waals surface area contributed by atoms with Crippen molar-refractivity contribution in [2.24, 2.45) is 0 Å².